The number of urea groups is 1. The number of carbonyl (C=O) groups excluding carboxylic acids is 3. The minimum absolute atomic E-state index is 0.180. The molecular weight excluding hydrogens is 353 g/mol. The van der Waals surface area contributed by atoms with E-state index in [-0.39, 0.29) is 17.3 Å². The maximum absolute atomic E-state index is 13.0. The van der Waals surface area contributed by atoms with Crippen LogP contribution in [-0.2, 0) is 9.53 Å². The fourth-order valence-corrected chi connectivity index (χ4v) is 2.32. The first-order valence-corrected chi connectivity index (χ1v) is 8.21. The van der Waals surface area contributed by atoms with Gasteiger partial charge in [0.25, 0.3) is 5.91 Å². The van der Waals surface area contributed by atoms with Crippen LogP contribution in [0.15, 0.2) is 48.5 Å². The summed E-state index contributed by atoms with van der Waals surface area (Å²) in [5.41, 5.74) is 6.12. The van der Waals surface area contributed by atoms with Crippen molar-refractivity contribution in [1.29, 1.82) is 0 Å². The molecule has 27 heavy (non-hydrogen) atoms. The molecule has 4 N–H and O–H groups in total. The molecule has 2 rings (SSSR count). The van der Waals surface area contributed by atoms with Crippen molar-refractivity contribution in [2.24, 2.45) is 11.7 Å². The molecule has 1 atom stereocenters. The van der Waals surface area contributed by atoms with Crippen LogP contribution in [0.5, 0.6) is 0 Å². The third kappa shape index (κ3) is 5.53. The smallest absolute Gasteiger partial charge is 0.341 e. The van der Waals surface area contributed by atoms with E-state index in [9.17, 15) is 18.8 Å². The molecular formula is C19H20FN3O4. The first-order chi connectivity index (χ1) is 12.8. The zero-order valence-electron chi connectivity index (χ0n) is 14.9. The number of primary amides is 1. The van der Waals surface area contributed by atoms with Crippen LogP contribution in [0.3, 0.4) is 0 Å². The predicted octanol–water partition coefficient (Wildman–Crippen LogP) is 2.95. The van der Waals surface area contributed by atoms with E-state index in [0.29, 0.717) is 11.4 Å². The highest BCUT2D eigenvalue weighted by Crippen LogP contribution is 2.23. The zero-order chi connectivity index (χ0) is 20.0. The molecule has 0 radical (unpaired) electrons. The average molecular weight is 373 g/mol. The number of anilines is 2. The average Bonchev–Trinajstić information content (AvgIpc) is 2.61. The van der Waals surface area contributed by atoms with E-state index in [2.05, 4.69) is 5.32 Å². The molecule has 0 aliphatic heterocycles. The number of halogens is 1. The second-order valence-corrected chi connectivity index (χ2v) is 6.10. The number of hydrogen-bond donors (Lipinski definition) is 3. The Balaban J connectivity index is 2.21. The van der Waals surface area contributed by atoms with Crippen LogP contribution in [0.4, 0.5) is 20.6 Å². The quantitative estimate of drug-likeness (QED) is 0.674. The van der Waals surface area contributed by atoms with Gasteiger partial charge < -0.3 is 15.8 Å². The molecule has 0 saturated heterocycles. The summed E-state index contributed by atoms with van der Waals surface area (Å²) < 4.78 is 18.3. The summed E-state index contributed by atoms with van der Waals surface area (Å²) in [6, 6.07) is 11.1. The predicted molar refractivity (Wildman–Crippen MR) is 97.9 cm³/mol. The molecule has 0 unspecified atom stereocenters. The zero-order valence-corrected chi connectivity index (χ0v) is 14.9. The maximum Gasteiger partial charge on any atom is 0.341 e. The summed E-state index contributed by atoms with van der Waals surface area (Å²) in [5.74, 6) is -2.31. The molecule has 0 bridgehead atoms. The maximum atomic E-state index is 13.0. The van der Waals surface area contributed by atoms with Gasteiger partial charge in [-0.2, -0.15) is 0 Å². The van der Waals surface area contributed by atoms with Crippen molar-refractivity contribution in [3.8, 4) is 0 Å². The standard InChI is InChI=1S/C19H20FN3O4/c1-11(2)16(17(24)23-19(21)26)27-18(25)14-5-3-4-6-15(14)22-13-9-7-12(20)8-10-13/h3-11,16,22H,1-2H3,(H3,21,23,24,26)/t16-/m1/s1. The summed E-state index contributed by atoms with van der Waals surface area (Å²) in [5, 5.41) is 4.91. The first kappa shape index (κ1) is 19.9. The Morgan fingerprint density at radius 2 is 1.67 bits per heavy atom. The van der Waals surface area contributed by atoms with Crippen LogP contribution in [0, 0.1) is 11.7 Å². The molecule has 0 saturated carbocycles. The number of imide groups is 1. The number of nitrogens with one attached hydrogen (secondary N) is 2. The number of para-hydroxylation sites is 1. The lowest BCUT2D eigenvalue weighted by atomic mass is 10.1. The highest BCUT2D eigenvalue weighted by atomic mass is 19.1. The molecule has 2 aromatic rings. The fourth-order valence-electron chi connectivity index (χ4n) is 2.32. The Labute approximate surface area is 155 Å². The van der Waals surface area contributed by atoms with Gasteiger partial charge in [-0.3, -0.25) is 10.1 Å². The van der Waals surface area contributed by atoms with Crippen molar-refractivity contribution in [3.05, 3.63) is 59.9 Å². The highest BCUT2D eigenvalue weighted by Gasteiger charge is 2.28. The molecule has 142 valence electrons. The normalized spacial score (nSPS) is 11.6. The Morgan fingerprint density at radius 3 is 2.26 bits per heavy atom. The van der Waals surface area contributed by atoms with Crippen molar-refractivity contribution in [2.45, 2.75) is 20.0 Å². The van der Waals surface area contributed by atoms with Crippen molar-refractivity contribution >= 4 is 29.3 Å². The van der Waals surface area contributed by atoms with Gasteiger partial charge in [-0.05, 0) is 42.3 Å². The van der Waals surface area contributed by atoms with Gasteiger partial charge in [-0.1, -0.05) is 26.0 Å². The monoisotopic (exact) mass is 373 g/mol. The molecule has 0 spiro atoms. The van der Waals surface area contributed by atoms with Gasteiger partial charge in [0.15, 0.2) is 6.10 Å². The summed E-state index contributed by atoms with van der Waals surface area (Å²) in [6.45, 7) is 3.34. The number of hydrogen-bond acceptors (Lipinski definition) is 5. The van der Waals surface area contributed by atoms with Crippen molar-refractivity contribution in [1.82, 2.24) is 5.32 Å². The fraction of sp³-hybridized carbons (Fsp3) is 0.211. The SMILES string of the molecule is CC(C)[C@@H](OC(=O)c1ccccc1Nc1ccc(F)cc1)C(=O)NC(N)=O. The molecule has 3 amide bonds. The van der Waals surface area contributed by atoms with Gasteiger partial charge in [0.1, 0.15) is 5.82 Å². The third-order valence-electron chi connectivity index (χ3n) is 3.61. The minimum atomic E-state index is -1.19. The number of esters is 1. The van der Waals surface area contributed by atoms with E-state index in [1.165, 1.54) is 30.3 Å². The molecule has 2 aromatic carbocycles. The van der Waals surface area contributed by atoms with E-state index in [1.807, 2.05) is 5.32 Å². The van der Waals surface area contributed by atoms with Crippen molar-refractivity contribution in [2.75, 3.05) is 5.32 Å². The summed E-state index contributed by atoms with van der Waals surface area (Å²) >= 11 is 0. The van der Waals surface area contributed by atoms with Gasteiger partial charge in [0.2, 0.25) is 0 Å². The van der Waals surface area contributed by atoms with Crippen LogP contribution in [-0.4, -0.2) is 24.0 Å². The molecule has 0 fully saturated rings. The first-order valence-electron chi connectivity index (χ1n) is 8.21. The molecule has 7 nitrogen and oxygen atoms in total. The molecule has 0 aromatic heterocycles. The second kappa shape index (κ2) is 8.79. The van der Waals surface area contributed by atoms with Crippen LogP contribution < -0.4 is 16.4 Å². The minimum Gasteiger partial charge on any atom is -0.448 e. The van der Waals surface area contributed by atoms with Gasteiger partial charge in [-0.15, -0.1) is 0 Å². The number of rotatable bonds is 6. The topological polar surface area (TPSA) is 111 Å². The van der Waals surface area contributed by atoms with Crippen molar-refractivity contribution in [3.63, 3.8) is 0 Å². The third-order valence-corrected chi connectivity index (χ3v) is 3.61. The van der Waals surface area contributed by atoms with Crippen LogP contribution in [0.2, 0.25) is 0 Å². The molecule has 0 aliphatic rings. The Hall–Kier alpha value is -3.42. The lowest BCUT2D eigenvalue weighted by Gasteiger charge is -2.20. The second-order valence-electron chi connectivity index (χ2n) is 6.10. The van der Waals surface area contributed by atoms with E-state index in [0.717, 1.165) is 0 Å². The van der Waals surface area contributed by atoms with Gasteiger partial charge in [0, 0.05) is 5.69 Å². The Kier molecular flexibility index (Phi) is 6.48. The molecule has 0 heterocycles. The van der Waals surface area contributed by atoms with Gasteiger partial charge in [0.05, 0.1) is 11.3 Å². The lowest BCUT2D eigenvalue weighted by Crippen LogP contribution is -2.45. The van der Waals surface area contributed by atoms with E-state index in [4.69, 9.17) is 10.5 Å². The summed E-state index contributed by atoms with van der Waals surface area (Å²) in [7, 11) is 0. The number of nitrogens with two attached hydrogens (primary N) is 1. The number of benzene rings is 2. The van der Waals surface area contributed by atoms with Crippen molar-refractivity contribution < 1.29 is 23.5 Å². The molecule has 0 aliphatic carbocycles. The lowest BCUT2D eigenvalue weighted by molar-refractivity contribution is -0.130. The number of amides is 3. The van der Waals surface area contributed by atoms with Crippen LogP contribution in [0.1, 0.15) is 24.2 Å². The van der Waals surface area contributed by atoms with E-state index < -0.39 is 24.0 Å². The Morgan fingerprint density at radius 1 is 1.04 bits per heavy atom. The molecule has 8 heteroatoms. The largest absolute Gasteiger partial charge is 0.448 e. The number of carbonyl (C=O) groups is 3. The van der Waals surface area contributed by atoms with Crippen LogP contribution in [0.25, 0.3) is 0 Å². The summed E-state index contributed by atoms with van der Waals surface area (Å²) in [4.78, 5) is 35.5. The van der Waals surface area contributed by atoms with Gasteiger partial charge >= 0.3 is 12.0 Å². The van der Waals surface area contributed by atoms with Crippen LogP contribution >= 0.6 is 0 Å². The van der Waals surface area contributed by atoms with E-state index >= 15 is 0 Å². The summed E-state index contributed by atoms with van der Waals surface area (Å²) in [6.07, 6.45) is -1.19. The Bertz CT molecular complexity index is 837. The number of ether oxygens (including phenoxy) is 1. The van der Waals surface area contributed by atoms with Gasteiger partial charge in [-0.25, -0.2) is 14.0 Å². The van der Waals surface area contributed by atoms with E-state index in [1.54, 1.807) is 32.0 Å². The highest BCUT2D eigenvalue weighted by molar-refractivity contribution is 6.00.